The fourth-order valence-corrected chi connectivity index (χ4v) is 1.90. The number of amidine groups is 1. The first-order valence-corrected chi connectivity index (χ1v) is 5.41. The van der Waals surface area contributed by atoms with E-state index < -0.39 is 0 Å². The molecule has 1 fully saturated rings. The van der Waals surface area contributed by atoms with Crippen LogP contribution in [0.3, 0.4) is 0 Å². The molecular weight excluding hydrogens is 160 g/mol. The van der Waals surface area contributed by atoms with Crippen LogP contribution < -0.4 is 5.73 Å². The molecule has 2 atom stereocenters. The molecule has 0 aromatic carbocycles. The van der Waals surface area contributed by atoms with Gasteiger partial charge in [0.2, 0.25) is 0 Å². The summed E-state index contributed by atoms with van der Waals surface area (Å²) in [5, 5.41) is 0. The van der Waals surface area contributed by atoms with Crippen molar-refractivity contribution in [3.05, 3.63) is 0 Å². The van der Waals surface area contributed by atoms with Crippen LogP contribution in [-0.4, -0.2) is 12.4 Å². The monoisotopic (exact) mass is 182 g/mol. The number of rotatable bonds is 3. The van der Waals surface area contributed by atoms with Crippen molar-refractivity contribution in [1.82, 2.24) is 0 Å². The zero-order valence-corrected chi connectivity index (χ0v) is 9.09. The van der Waals surface area contributed by atoms with Gasteiger partial charge >= 0.3 is 0 Å². The van der Waals surface area contributed by atoms with Crippen molar-refractivity contribution in [3.63, 3.8) is 0 Å². The van der Waals surface area contributed by atoms with E-state index >= 15 is 0 Å². The Labute approximate surface area is 81.6 Å². The van der Waals surface area contributed by atoms with E-state index in [4.69, 9.17) is 5.73 Å². The third kappa shape index (κ3) is 3.02. The zero-order valence-electron chi connectivity index (χ0n) is 9.09. The lowest BCUT2D eigenvalue weighted by Crippen LogP contribution is -2.21. The lowest BCUT2D eigenvalue weighted by atomic mass is 9.98. The van der Waals surface area contributed by atoms with Gasteiger partial charge in [0.25, 0.3) is 0 Å². The summed E-state index contributed by atoms with van der Waals surface area (Å²) >= 11 is 0. The van der Waals surface area contributed by atoms with Gasteiger partial charge in [-0.1, -0.05) is 33.6 Å². The summed E-state index contributed by atoms with van der Waals surface area (Å²) in [5.41, 5.74) is 5.79. The van der Waals surface area contributed by atoms with E-state index in [0.29, 0.717) is 5.92 Å². The number of hydrogen-bond acceptors (Lipinski definition) is 1. The molecule has 0 radical (unpaired) electrons. The molecule has 1 rings (SSSR count). The van der Waals surface area contributed by atoms with E-state index in [9.17, 15) is 0 Å². The topological polar surface area (TPSA) is 38.4 Å². The normalized spacial score (nSPS) is 30.0. The highest BCUT2D eigenvalue weighted by molar-refractivity contribution is 5.82. The number of hydrogen-bond donors (Lipinski definition) is 1. The number of aliphatic imine (C=N–C) groups is 1. The Morgan fingerprint density at radius 3 is 2.62 bits per heavy atom. The van der Waals surface area contributed by atoms with E-state index in [1.54, 1.807) is 0 Å². The highest BCUT2D eigenvalue weighted by Gasteiger charge is 2.22. The van der Waals surface area contributed by atoms with Gasteiger partial charge in [-0.2, -0.15) is 0 Å². The predicted octanol–water partition coefficient (Wildman–Crippen LogP) is 2.44. The second kappa shape index (κ2) is 4.64. The van der Waals surface area contributed by atoms with E-state index in [1.807, 2.05) is 0 Å². The van der Waals surface area contributed by atoms with Gasteiger partial charge in [-0.25, -0.2) is 0 Å². The molecule has 1 aliphatic carbocycles. The van der Waals surface area contributed by atoms with Gasteiger partial charge in [0.05, 0.1) is 5.84 Å². The maximum Gasteiger partial charge on any atom is 0.0962 e. The summed E-state index contributed by atoms with van der Waals surface area (Å²) in [6.07, 6.45) is 4.10. The Balaban J connectivity index is 2.36. The van der Waals surface area contributed by atoms with E-state index in [-0.39, 0.29) is 0 Å². The molecule has 1 saturated carbocycles. The molecular formula is C11H22N2. The molecule has 1 aliphatic rings. The number of nitrogens with zero attached hydrogens (tertiary/aromatic N) is 1. The van der Waals surface area contributed by atoms with Crippen LogP contribution >= 0.6 is 0 Å². The molecule has 0 aliphatic heterocycles. The Morgan fingerprint density at radius 2 is 2.15 bits per heavy atom. The van der Waals surface area contributed by atoms with E-state index in [1.165, 1.54) is 19.3 Å². The fourth-order valence-electron chi connectivity index (χ4n) is 1.90. The molecule has 13 heavy (non-hydrogen) atoms. The van der Waals surface area contributed by atoms with Gasteiger partial charge < -0.3 is 5.73 Å². The maximum absolute atomic E-state index is 5.79. The van der Waals surface area contributed by atoms with Crippen molar-refractivity contribution < 1.29 is 0 Å². The minimum atomic E-state index is 0.400. The van der Waals surface area contributed by atoms with Gasteiger partial charge in [-0.15, -0.1) is 0 Å². The summed E-state index contributed by atoms with van der Waals surface area (Å²) in [6.45, 7) is 7.47. The molecule has 76 valence electrons. The standard InChI is InChI=1S/C11H22N2/c1-8(2)11(12)13-7-10-6-4-5-9(10)3/h8-10H,4-7H2,1-3H3,(H2,12,13). The molecule has 2 nitrogen and oxygen atoms in total. The second-order valence-corrected chi connectivity index (χ2v) is 4.59. The first-order chi connectivity index (χ1) is 6.11. The summed E-state index contributed by atoms with van der Waals surface area (Å²) in [7, 11) is 0. The quantitative estimate of drug-likeness (QED) is 0.528. The molecule has 0 aromatic heterocycles. The van der Waals surface area contributed by atoms with Crippen LogP contribution in [0.25, 0.3) is 0 Å². The van der Waals surface area contributed by atoms with Crippen LogP contribution in [0.1, 0.15) is 40.0 Å². The third-order valence-electron chi connectivity index (χ3n) is 3.14. The molecule has 2 unspecified atom stereocenters. The van der Waals surface area contributed by atoms with Crippen molar-refractivity contribution in [3.8, 4) is 0 Å². The largest absolute Gasteiger partial charge is 0.387 e. The van der Waals surface area contributed by atoms with E-state index in [0.717, 1.165) is 24.2 Å². The molecule has 0 spiro atoms. The third-order valence-corrected chi connectivity index (χ3v) is 3.14. The minimum absolute atomic E-state index is 0.400. The SMILES string of the molecule is CC(C)C(N)=NCC1CCCC1C. The molecule has 0 bridgehead atoms. The van der Waals surface area contributed by atoms with Crippen LogP contribution in [0.2, 0.25) is 0 Å². The predicted molar refractivity (Wildman–Crippen MR) is 57.8 cm³/mol. The van der Waals surface area contributed by atoms with Crippen LogP contribution in [0.4, 0.5) is 0 Å². The fraction of sp³-hybridized carbons (Fsp3) is 0.909. The highest BCUT2D eigenvalue weighted by atomic mass is 14.9. The Bertz CT molecular complexity index is 185. The van der Waals surface area contributed by atoms with Crippen molar-refractivity contribution >= 4 is 5.84 Å². The summed E-state index contributed by atoms with van der Waals surface area (Å²) in [4.78, 5) is 4.45. The lowest BCUT2D eigenvalue weighted by Gasteiger charge is -2.13. The van der Waals surface area contributed by atoms with Crippen molar-refractivity contribution in [2.75, 3.05) is 6.54 Å². The maximum atomic E-state index is 5.79. The second-order valence-electron chi connectivity index (χ2n) is 4.59. The molecule has 2 N–H and O–H groups in total. The molecule has 0 heterocycles. The first kappa shape index (κ1) is 10.6. The van der Waals surface area contributed by atoms with Gasteiger partial charge in [0, 0.05) is 12.5 Å². The Morgan fingerprint density at radius 1 is 1.46 bits per heavy atom. The van der Waals surface area contributed by atoms with Gasteiger partial charge in [-0.3, -0.25) is 4.99 Å². The molecule has 0 aromatic rings. The molecule has 0 amide bonds. The van der Waals surface area contributed by atoms with Gasteiger partial charge in [0.15, 0.2) is 0 Å². The van der Waals surface area contributed by atoms with E-state index in [2.05, 4.69) is 25.8 Å². The minimum Gasteiger partial charge on any atom is -0.387 e. The average molecular weight is 182 g/mol. The van der Waals surface area contributed by atoms with Gasteiger partial charge in [-0.05, 0) is 18.3 Å². The zero-order chi connectivity index (χ0) is 9.84. The summed E-state index contributed by atoms with van der Waals surface area (Å²) in [6, 6.07) is 0. The highest BCUT2D eigenvalue weighted by Crippen LogP contribution is 2.31. The average Bonchev–Trinajstić information content (AvgIpc) is 2.47. The van der Waals surface area contributed by atoms with Crippen molar-refractivity contribution in [1.29, 1.82) is 0 Å². The first-order valence-electron chi connectivity index (χ1n) is 5.41. The molecule has 0 saturated heterocycles. The van der Waals surface area contributed by atoms with Crippen LogP contribution in [-0.2, 0) is 0 Å². The van der Waals surface area contributed by atoms with Crippen molar-refractivity contribution in [2.24, 2.45) is 28.5 Å². The Hall–Kier alpha value is -0.530. The van der Waals surface area contributed by atoms with Crippen LogP contribution in [0.15, 0.2) is 4.99 Å². The van der Waals surface area contributed by atoms with Crippen molar-refractivity contribution in [2.45, 2.75) is 40.0 Å². The lowest BCUT2D eigenvalue weighted by molar-refractivity contribution is 0.429. The number of nitrogens with two attached hydrogens (primary N) is 1. The van der Waals surface area contributed by atoms with Gasteiger partial charge in [0.1, 0.15) is 0 Å². The Kier molecular flexibility index (Phi) is 3.76. The van der Waals surface area contributed by atoms with Crippen LogP contribution in [0, 0.1) is 17.8 Å². The smallest absolute Gasteiger partial charge is 0.0962 e. The summed E-state index contributed by atoms with van der Waals surface area (Å²) in [5.74, 6) is 2.86. The summed E-state index contributed by atoms with van der Waals surface area (Å²) < 4.78 is 0. The molecule has 2 heteroatoms. The van der Waals surface area contributed by atoms with Crippen LogP contribution in [0.5, 0.6) is 0 Å².